The normalized spacial score (nSPS) is 32.8. The van der Waals surface area contributed by atoms with E-state index in [1.807, 2.05) is 0 Å². The average Bonchev–Trinajstić information content (AvgIpc) is 2.38. The molecule has 1 aromatic carbocycles. The largest absolute Gasteiger partial charge is 0.487 e. The lowest BCUT2D eigenvalue weighted by molar-refractivity contribution is -0.0967. The number of ether oxygens (including phenoxy) is 2. The van der Waals surface area contributed by atoms with Gasteiger partial charge in [-0.3, -0.25) is 0 Å². The molecule has 1 N–H and O–H groups in total. The molecule has 1 spiro atoms. The van der Waals surface area contributed by atoms with E-state index in [0.717, 1.165) is 42.6 Å². The fourth-order valence-electron chi connectivity index (χ4n) is 3.48. The lowest BCUT2D eigenvalue weighted by atomic mass is 9.80. The van der Waals surface area contributed by atoms with Gasteiger partial charge < -0.3 is 14.8 Å². The van der Waals surface area contributed by atoms with Gasteiger partial charge in [-0.25, -0.2) is 0 Å². The van der Waals surface area contributed by atoms with Crippen LogP contribution in [0.15, 0.2) is 22.7 Å². The second kappa shape index (κ2) is 5.66. The van der Waals surface area contributed by atoms with E-state index in [-0.39, 0.29) is 11.7 Å². The van der Waals surface area contributed by atoms with Gasteiger partial charge in [-0.2, -0.15) is 0 Å². The number of hydrogen-bond donors (Lipinski definition) is 1. The molecular weight excluding hydrogens is 318 g/mol. The van der Waals surface area contributed by atoms with Crippen LogP contribution < -0.4 is 10.1 Å². The minimum atomic E-state index is -0.0711. The molecule has 110 valence electrons. The monoisotopic (exact) mass is 339 g/mol. The molecule has 3 atom stereocenters. The van der Waals surface area contributed by atoms with E-state index in [2.05, 4.69) is 53.3 Å². The quantitative estimate of drug-likeness (QED) is 0.888. The van der Waals surface area contributed by atoms with Crippen molar-refractivity contribution in [3.63, 3.8) is 0 Å². The van der Waals surface area contributed by atoms with E-state index in [1.54, 1.807) is 0 Å². The van der Waals surface area contributed by atoms with Gasteiger partial charge in [0.05, 0.1) is 12.7 Å². The van der Waals surface area contributed by atoms with E-state index in [1.165, 1.54) is 5.56 Å². The van der Waals surface area contributed by atoms with Crippen LogP contribution in [0.25, 0.3) is 0 Å². The minimum absolute atomic E-state index is 0.0711. The van der Waals surface area contributed by atoms with E-state index in [9.17, 15) is 0 Å². The Morgan fingerprint density at radius 1 is 1.40 bits per heavy atom. The van der Waals surface area contributed by atoms with Crippen molar-refractivity contribution in [3.05, 3.63) is 28.2 Å². The first-order chi connectivity index (χ1) is 9.62. The Kier molecular flexibility index (Phi) is 4.07. The van der Waals surface area contributed by atoms with E-state index < -0.39 is 0 Å². The summed E-state index contributed by atoms with van der Waals surface area (Å²) in [6.45, 7) is 6.07. The second-order valence-corrected chi connectivity index (χ2v) is 6.83. The lowest BCUT2D eigenvalue weighted by Gasteiger charge is -2.46. The van der Waals surface area contributed by atoms with Gasteiger partial charge in [-0.1, -0.05) is 28.9 Å². The predicted octanol–water partition coefficient (Wildman–Crippen LogP) is 3.82. The van der Waals surface area contributed by atoms with Crippen LogP contribution in [-0.2, 0) is 4.74 Å². The summed E-state index contributed by atoms with van der Waals surface area (Å²) in [5.41, 5.74) is 1.21. The van der Waals surface area contributed by atoms with E-state index >= 15 is 0 Å². The van der Waals surface area contributed by atoms with Crippen molar-refractivity contribution in [2.24, 2.45) is 0 Å². The topological polar surface area (TPSA) is 30.5 Å². The highest BCUT2D eigenvalue weighted by Gasteiger charge is 2.43. The molecule has 3 unspecified atom stereocenters. The Labute approximate surface area is 129 Å². The lowest BCUT2D eigenvalue weighted by Crippen LogP contribution is -2.49. The van der Waals surface area contributed by atoms with Crippen molar-refractivity contribution in [1.82, 2.24) is 5.32 Å². The van der Waals surface area contributed by atoms with Crippen molar-refractivity contribution in [3.8, 4) is 5.75 Å². The zero-order valence-corrected chi connectivity index (χ0v) is 13.7. The van der Waals surface area contributed by atoms with Gasteiger partial charge in [0.15, 0.2) is 0 Å². The first-order valence-electron chi connectivity index (χ1n) is 7.45. The Morgan fingerprint density at radius 3 is 3.00 bits per heavy atom. The highest BCUT2D eigenvalue weighted by Crippen LogP contribution is 2.45. The molecule has 20 heavy (non-hydrogen) atoms. The van der Waals surface area contributed by atoms with Crippen molar-refractivity contribution >= 4 is 15.9 Å². The molecule has 0 amide bonds. The molecule has 2 heterocycles. The van der Waals surface area contributed by atoms with Gasteiger partial charge in [0.2, 0.25) is 0 Å². The molecule has 2 aliphatic heterocycles. The summed E-state index contributed by atoms with van der Waals surface area (Å²) in [6.07, 6.45) is 3.26. The first kappa shape index (κ1) is 14.4. The SMILES string of the molecule is CCNC1CC2(CCOC(C)C2)Oc2cc(Br)ccc21. The van der Waals surface area contributed by atoms with Gasteiger partial charge in [-0.05, 0) is 25.6 Å². The summed E-state index contributed by atoms with van der Waals surface area (Å²) in [7, 11) is 0. The molecule has 0 saturated carbocycles. The fourth-order valence-corrected chi connectivity index (χ4v) is 3.82. The molecule has 0 bridgehead atoms. The molecule has 2 aliphatic rings. The maximum atomic E-state index is 6.44. The fraction of sp³-hybridized carbons (Fsp3) is 0.625. The van der Waals surface area contributed by atoms with Crippen LogP contribution in [0, 0.1) is 0 Å². The van der Waals surface area contributed by atoms with E-state index in [4.69, 9.17) is 9.47 Å². The van der Waals surface area contributed by atoms with Crippen LogP contribution in [0.1, 0.15) is 44.7 Å². The molecule has 0 aromatic heterocycles. The van der Waals surface area contributed by atoms with Gasteiger partial charge in [0, 0.05) is 35.3 Å². The molecule has 4 heteroatoms. The third-order valence-electron chi connectivity index (χ3n) is 4.32. The maximum Gasteiger partial charge on any atom is 0.126 e. The zero-order valence-electron chi connectivity index (χ0n) is 12.1. The predicted molar refractivity (Wildman–Crippen MR) is 83.2 cm³/mol. The Hall–Kier alpha value is -0.580. The zero-order chi connectivity index (χ0) is 14.2. The molecule has 3 rings (SSSR count). The number of halogens is 1. The van der Waals surface area contributed by atoms with Crippen LogP contribution in [-0.4, -0.2) is 24.9 Å². The van der Waals surface area contributed by atoms with E-state index in [0.29, 0.717) is 6.04 Å². The molecule has 0 aliphatic carbocycles. The van der Waals surface area contributed by atoms with Crippen LogP contribution in [0.2, 0.25) is 0 Å². The number of hydrogen-bond acceptors (Lipinski definition) is 3. The molecular formula is C16H22BrNO2. The number of rotatable bonds is 2. The summed E-state index contributed by atoms with van der Waals surface area (Å²) in [4.78, 5) is 0. The van der Waals surface area contributed by atoms with Crippen molar-refractivity contribution in [2.75, 3.05) is 13.2 Å². The first-order valence-corrected chi connectivity index (χ1v) is 8.25. The number of benzene rings is 1. The molecule has 1 aromatic rings. The molecule has 0 radical (unpaired) electrons. The minimum Gasteiger partial charge on any atom is -0.487 e. The standard InChI is InChI=1S/C16H22BrNO2/c1-3-18-14-10-16(6-7-19-11(2)9-16)20-15-8-12(17)4-5-13(14)15/h4-5,8,11,14,18H,3,6-7,9-10H2,1-2H3. The van der Waals surface area contributed by atoms with Gasteiger partial charge in [0.25, 0.3) is 0 Å². The Bertz CT molecular complexity index is 493. The van der Waals surface area contributed by atoms with Gasteiger partial charge in [0.1, 0.15) is 11.4 Å². The van der Waals surface area contributed by atoms with Crippen LogP contribution in [0.4, 0.5) is 0 Å². The summed E-state index contributed by atoms with van der Waals surface area (Å²) < 4.78 is 13.2. The smallest absolute Gasteiger partial charge is 0.126 e. The molecule has 1 fully saturated rings. The van der Waals surface area contributed by atoms with Crippen LogP contribution in [0.3, 0.4) is 0 Å². The van der Waals surface area contributed by atoms with Crippen molar-refractivity contribution in [1.29, 1.82) is 0 Å². The number of fused-ring (bicyclic) bond motifs is 1. The number of nitrogens with one attached hydrogen (secondary N) is 1. The molecule has 3 nitrogen and oxygen atoms in total. The third kappa shape index (κ3) is 2.74. The highest BCUT2D eigenvalue weighted by molar-refractivity contribution is 9.10. The molecule has 1 saturated heterocycles. The summed E-state index contributed by atoms with van der Waals surface area (Å²) in [5, 5.41) is 3.61. The van der Waals surface area contributed by atoms with Gasteiger partial charge in [-0.15, -0.1) is 0 Å². The van der Waals surface area contributed by atoms with Crippen LogP contribution in [0.5, 0.6) is 5.75 Å². The van der Waals surface area contributed by atoms with Gasteiger partial charge >= 0.3 is 0 Å². The van der Waals surface area contributed by atoms with Crippen molar-refractivity contribution < 1.29 is 9.47 Å². The Morgan fingerprint density at radius 2 is 2.25 bits per heavy atom. The average molecular weight is 340 g/mol. The van der Waals surface area contributed by atoms with Crippen molar-refractivity contribution in [2.45, 2.75) is 50.9 Å². The summed E-state index contributed by atoms with van der Waals surface area (Å²) >= 11 is 3.55. The van der Waals surface area contributed by atoms with Crippen LogP contribution >= 0.6 is 15.9 Å². The highest BCUT2D eigenvalue weighted by atomic mass is 79.9. The Balaban J connectivity index is 1.94. The third-order valence-corrected chi connectivity index (χ3v) is 4.82. The second-order valence-electron chi connectivity index (χ2n) is 5.92. The summed E-state index contributed by atoms with van der Waals surface area (Å²) in [6, 6.07) is 6.74. The summed E-state index contributed by atoms with van der Waals surface area (Å²) in [5.74, 6) is 1.02. The maximum absolute atomic E-state index is 6.44.